The summed E-state index contributed by atoms with van der Waals surface area (Å²) in [6, 6.07) is 12.3. The van der Waals surface area contributed by atoms with Gasteiger partial charge in [0.05, 0.1) is 27.7 Å². The van der Waals surface area contributed by atoms with Crippen LogP contribution in [0.1, 0.15) is 22.8 Å². The molecule has 7 nitrogen and oxygen atoms in total. The lowest BCUT2D eigenvalue weighted by Crippen LogP contribution is -2.19. The van der Waals surface area contributed by atoms with Gasteiger partial charge in [-0.05, 0) is 59.3 Å². The number of halogens is 1. The van der Waals surface area contributed by atoms with Gasteiger partial charge in [-0.15, -0.1) is 5.10 Å². The molecule has 0 spiro atoms. The molecule has 1 N–H and O–H groups in total. The van der Waals surface area contributed by atoms with E-state index in [0.29, 0.717) is 38.2 Å². The van der Waals surface area contributed by atoms with Crippen LogP contribution in [0.5, 0.6) is 11.5 Å². The van der Waals surface area contributed by atoms with E-state index in [0.717, 1.165) is 5.56 Å². The number of hydrogen-bond donors (Lipinski definition) is 1. The molecule has 28 heavy (non-hydrogen) atoms. The van der Waals surface area contributed by atoms with Gasteiger partial charge >= 0.3 is 5.97 Å². The number of nitrogens with one attached hydrogen (secondary N) is 1. The lowest BCUT2D eigenvalue weighted by atomic mass is 10.2. The van der Waals surface area contributed by atoms with Crippen molar-refractivity contribution >= 4 is 57.6 Å². The van der Waals surface area contributed by atoms with E-state index in [1.165, 1.54) is 11.8 Å². The smallest absolute Gasteiger partial charge is 0.343 e. The fourth-order valence-corrected chi connectivity index (χ4v) is 3.64. The third kappa shape index (κ3) is 5.32. The Hall–Kier alpha value is -2.40. The number of rotatable bonds is 6. The molecule has 3 rings (SSSR count). The maximum absolute atomic E-state index is 12.4. The van der Waals surface area contributed by atoms with E-state index in [4.69, 9.17) is 9.47 Å². The van der Waals surface area contributed by atoms with Crippen LogP contribution < -0.4 is 14.8 Å². The summed E-state index contributed by atoms with van der Waals surface area (Å²) in [5.74, 6) is 0.607. The van der Waals surface area contributed by atoms with Gasteiger partial charge in [-0.25, -0.2) is 4.79 Å². The van der Waals surface area contributed by atoms with Crippen molar-refractivity contribution in [3.63, 3.8) is 0 Å². The van der Waals surface area contributed by atoms with Crippen molar-refractivity contribution in [3.05, 3.63) is 57.2 Å². The van der Waals surface area contributed by atoms with Crippen LogP contribution >= 0.6 is 34.4 Å². The Bertz CT molecular complexity index is 948. The Balaban J connectivity index is 1.81. The number of esters is 1. The molecule has 1 aliphatic heterocycles. The average Bonchev–Trinajstić information content (AvgIpc) is 3.10. The number of amidine groups is 1. The predicted octanol–water partition coefficient (Wildman–Crippen LogP) is 3.46. The molecule has 9 heteroatoms. The summed E-state index contributed by atoms with van der Waals surface area (Å²) in [6.07, 6.45) is 1.55. The number of amides is 1. The van der Waals surface area contributed by atoms with Crippen LogP contribution in [0, 0.1) is 3.57 Å². The van der Waals surface area contributed by atoms with Crippen LogP contribution in [0.4, 0.5) is 0 Å². The number of benzene rings is 2. The molecule has 0 aliphatic carbocycles. The van der Waals surface area contributed by atoms with E-state index in [1.807, 2.05) is 13.0 Å². The van der Waals surface area contributed by atoms with Gasteiger partial charge in [-0.2, -0.15) is 5.10 Å². The molecule has 0 bridgehead atoms. The summed E-state index contributed by atoms with van der Waals surface area (Å²) >= 11 is 3.38. The zero-order valence-corrected chi connectivity index (χ0v) is 17.8. The molecular formula is C19H16IN3O4S. The van der Waals surface area contributed by atoms with Crippen LogP contribution in [-0.2, 0) is 4.79 Å². The van der Waals surface area contributed by atoms with Gasteiger partial charge in [0.1, 0.15) is 0 Å². The number of hydrogen-bond acceptors (Lipinski definition) is 7. The van der Waals surface area contributed by atoms with Crippen molar-refractivity contribution in [3.8, 4) is 11.5 Å². The summed E-state index contributed by atoms with van der Waals surface area (Å²) in [5.41, 5.74) is 1.18. The second-order valence-electron chi connectivity index (χ2n) is 5.51. The van der Waals surface area contributed by atoms with Crippen molar-refractivity contribution in [1.29, 1.82) is 0 Å². The molecule has 1 heterocycles. The minimum atomic E-state index is -0.457. The van der Waals surface area contributed by atoms with E-state index in [-0.39, 0.29) is 5.91 Å². The summed E-state index contributed by atoms with van der Waals surface area (Å²) in [5, 5.41) is 11.0. The first kappa shape index (κ1) is 20.3. The molecule has 0 radical (unpaired) electrons. The topological polar surface area (TPSA) is 89.3 Å². The molecule has 2 aromatic carbocycles. The van der Waals surface area contributed by atoms with E-state index >= 15 is 0 Å². The maximum Gasteiger partial charge on any atom is 0.343 e. The Morgan fingerprint density at radius 1 is 1.32 bits per heavy atom. The zero-order valence-electron chi connectivity index (χ0n) is 14.8. The Kier molecular flexibility index (Phi) is 7.04. The number of carbonyl (C=O) groups excluding carboxylic acids is 2. The van der Waals surface area contributed by atoms with E-state index < -0.39 is 5.97 Å². The van der Waals surface area contributed by atoms with Gasteiger partial charge in [0, 0.05) is 0 Å². The SMILES string of the molecule is CCOc1cc(C=NN=C2NC(=O)CS2)cc(I)c1OC(=O)c1ccccc1. The highest BCUT2D eigenvalue weighted by molar-refractivity contribution is 14.1. The lowest BCUT2D eigenvalue weighted by molar-refractivity contribution is -0.116. The molecule has 2 aromatic rings. The molecule has 0 atom stereocenters. The Labute approximate surface area is 179 Å². The van der Waals surface area contributed by atoms with Crippen molar-refractivity contribution < 1.29 is 19.1 Å². The third-order valence-corrected chi connectivity index (χ3v) is 5.14. The van der Waals surface area contributed by atoms with Gasteiger partial charge in [-0.1, -0.05) is 30.0 Å². The number of nitrogens with zero attached hydrogens (tertiary/aromatic N) is 2. The number of thioether (sulfide) groups is 1. The number of carbonyl (C=O) groups is 2. The van der Waals surface area contributed by atoms with Gasteiger partial charge in [0.25, 0.3) is 0 Å². The second kappa shape index (κ2) is 9.69. The molecule has 0 saturated carbocycles. The van der Waals surface area contributed by atoms with Crippen molar-refractivity contribution in [2.45, 2.75) is 6.92 Å². The highest BCUT2D eigenvalue weighted by atomic mass is 127. The van der Waals surface area contributed by atoms with Crippen molar-refractivity contribution in [2.75, 3.05) is 12.4 Å². The Morgan fingerprint density at radius 3 is 2.79 bits per heavy atom. The fraction of sp³-hybridized carbons (Fsp3) is 0.158. The monoisotopic (exact) mass is 509 g/mol. The highest BCUT2D eigenvalue weighted by Gasteiger charge is 2.18. The van der Waals surface area contributed by atoms with Crippen molar-refractivity contribution in [1.82, 2.24) is 5.32 Å². The summed E-state index contributed by atoms with van der Waals surface area (Å²) in [6.45, 7) is 2.26. The van der Waals surface area contributed by atoms with Crippen LogP contribution in [0.2, 0.25) is 0 Å². The molecule has 1 amide bonds. The lowest BCUT2D eigenvalue weighted by Gasteiger charge is -2.13. The fourth-order valence-electron chi connectivity index (χ4n) is 2.28. The van der Waals surface area contributed by atoms with E-state index in [2.05, 4.69) is 38.1 Å². The summed E-state index contributed by atoms with van der Waals surface area (Å²) in [4.78, 5) is 23.5. The molecule has 144 valence electrons. The first-order valence-electron chi connectivity index (χ1n) is 8.34. The largest absolute Gasteiger partial charge is 0.490 e. The molecule has 1 saturated heterocycles. The van der Waals surface area contributed by atoms with Crippen molar-refractivity contribution in [2.24, 2.45) is 10.2 Å². The van der Waals surface area contributed by atoms with Crippen LogP contribution in [-0.4, -0.2) is 35.6 Å². The maximum atomic E-state index is 12.4. The highest BCUT2D eigenvalue weighted by Crippen LogP contribution is 2.34. The van der Waals surface area contributed by atoms with Crippen LogP contribution in [0.15, 0.2) is 52.7 Å². The molecule has 1 aliphatic rings. The molecular weight excluding hydrogens is 493 g/mol. The average molecular weight is 509 g/mol. The van der Waals surface area contributed by atoms with Gasteiger partial charge in [0.2, 0.25) is 5.91 Å². The van der Waals surface area contributed by atoms with Crippen LogP contribution in [0.3, 0.4) is 0 Å². The van der Waals surface area contributed by atoms with Gasteiger partial charge in [0.15, 0.2) is 16.7 Å². The first-order chi connectivity index (χ1) is 13.6. The summed E-state index contributed by atoms with van der Waals surface area (Å²) < 4.78 is 11.9. The predicted molar refractivity (Wildman–Crippen MR) is 117 cm³/mol. The van der Waals surface area contributed by atoms with E-state index in [1.54, 1.807) is 42.6 Å². The summed E-state index contributed by atoms with van der Waals surface area (Å²) in [7, 11) is 0. The molecule has 1 fully saturated rings. The first-order valence-corrected chi connectivity index (χ1v) is 10.4. The molecule has 0 unspecified atom stereocenters. The minimum absolute atomic E-state index is 0.0864. The zero-order chi connectivity index (χ0) is 19.9. The van der Waals surface area contributed by atoms with Gasteiger partial charge < -0.3 is 14.8 Å². The second-order valence-corrected chi connectivity index (χ2v) is 7.63. The van der Waals surface area contributed by atoms with Crippen LogP contribution in [0.25, 0.3) is 0 Å². The van der Waals surface area contributed by atoms with Gasteiger partial charge in [-0.3, -0.25) is 4.79 Å². The number of ether oxygens (including phenoxy) is 2. The van der Waals surface area contributed by atoms with E-state index in [9.17, 15) is 9.59 Å². The minimum Gasteiger partial charge on any atom is -0.490 e. The Morgan fingerprint density at radius 2 is 2.11 bits per heavy atom. The third-order valence-electron chi connectivity index (χ3n) is 3.48. The standard InChI is InChI=1S/C19H16IN3O4S/c1-2-26-15-9-12(10-21-23-19-22-16(24)11-28-19)8-14(20)17(15)27-18(25)13-6-4-3-5-7-13/h3-10H,2,11H2,1H3,(H,22,23,24). The quantitative estimate of drug-likeness (QED) is 0.212. The molecule has 0 aromatic heterocycles. The normalized spacial score (nSPS) is 15.1.